The average molecular weight is 829 g/mol. The van der Waals surface area contributed by atoms with Gasteiger partial charge in [-0.05, 0) is 134 Å². The molecule has 3 heteroatoms. The summed E-state index contributed by atoms with van der Waals surface area (Å²) in [4.78, 5) is 2.40. The van der Waals surface area contributed by atoms with E-state index in [2.05, 4.69) is 252 Å². The zero-order valence-electron chi connectivity index (χ0n) is 35.4. The third-order valence-electron chi connectivity index (χ3n) is 13.1. The van der Waals surface area contributed by atoms with Crippen molar-refractivity contribution >= 4 is 82.4 Å². The van der Waals surface area contributed by atoms with Gasteiger partial charge in [0, 0.05) is 44.2 Å². The average Bonchev–Trinajstić information content (AvgIpc) is 3.91. The van der Waals surface area contributed by atoms with Gasteiger partial charge in [-0.1, -0.05) is 158 Å². The Morgan fingerprint density at radius 3 is 1.60 bits per heavy atom. The predicted molar refractivity (Wildman–Crippen MR) is 274 cm³/mol. The van der Waals surface area contributed by atoms with Crippen LogP contribution in [0.1, 0.15) is 0 Å². The van der Waals surface area contributed by atoms with E-state index in [9.17, 15) is 0 Å². The molecule has 0 atom stereocenters. The van der Waals surface area contributed by atoms with E-state index >= 15 is 0 Å². The van der Waals surface area contributed by atoms with Crippen molar-refractivity contribution in [1.29, 1.82) is 0 Å². The van der Waals surface area contributed by atoms with Crippen LogP contribution in [0.2, 0.25) is 0 Å². The number of para-hydroxylation sites is 3. The molecule has 65 heavy (non-hydrogen) atoms. The van der Waals surface area contributed by atoms with Crippen LogP contribution in [-0.2, 0) is 0 Å². The molecule has 0 aliphatic rings. The van der Waals surface area contributed by atoms with Crippen molar-refractivity contribution in [2.75, 3.05) is 4.90 Å². The molecular formula is C62H40N2O. The Labute approximate surface area is 376 Å². The molecule has 0 saturated heterocycles. The van der Waals surface area contributed by atoms with Crippen molar-refractivity contribution in [2.24, 2.45) is 0 Å². The monoisotopic (exact) mass is 828 g/mol. The van der Waals surface area contributed by atoms with Gasteiger partial charge in [0.15, 0.2) is 0 Å². The summed E-state index contributed by atoms with van der Waals surface area (Å²) in [6, 6.07) is 87.8. The van der Waals surface area contributed by atoms with Crippen LogP contribution in [0.5, 0.6) is 0 Å². The second kappa shape index (κ2) is 15.0. The molecule has 0 radical (unpaired) electrons. The molecule has 0 aliphatic carbocycles. The number of aromatic nitrogens is 1. The van der Waals surface area contributed by atoms with Gasteiger partial charge in [0.1, 0.15) is 11.2 Å². The van der Waals surface area contributed by atoms with Gasteiger partial charge in [0.05, 0.1) is 16.7 Å². The van der Waals surface area contributed by atoms with Crippen LogP contribution in [0.4, 0.5) is 17.1 Å². The minimum absolute atomic E-state index is 0.875. The molecule has 2 heterocycles. The number of rotatable bonds is 7. The summed E-state index contributed by atoms with van der Waals surface area (Å²) in [6.07, 6.45) is 0. The Bertz CT molecular complexity index is 3900. The Balaban J connectivity index is 0.958. The van der Waals surface area contributed by atoms with Crippen LogP contribution < -0.4 is 4.90 Å². The Kier molecular flexibility index (Phi) is 8.53. The lowest BCUT2D eigenvalue weighted by Crippen LogP contribution is -2.11. The second-order valence-corrected chi connectivity index (χ2v) is 16.9. The molecule has 11 aromatic carbocycles. The maximum atomic E-state index is 6.60. The van der Waals surface area contributed by atoms with Gasteiger partial charge >= 0.3 is 0 Å². The topological polar surface area (TPSA) is 21.3 Å². The second-order valence-electron chi connectivity index (χ2n) is 16.9. The summed E-state index contributed by atoms with van der Waals surface area (Å²) in [5.41, 5.74) is 15.4. The maximum absolute atomic E-state index is 6.60. The fraction of sp³-hybridized carbons (Fsp3) is 0. The molecule has 0 bridgehead atoms. The van der Waals surface area contributed by atoms with Gasteiger partial charge in [-0.3, -0.25) is 0 Å². The molecule has 0 saturated carbocycles. The molecule has 13 rings (SSSR count). The highest BCUT2D eigenvalue weighted by molar-refractivity contribution is 6.17. The van der Waals surface area contributed by atoms with E-state index in [4.69, 9.17) is 4.42 Å². The van der Waals surface area contributed by atoms with E-state index in [-0.39, 0.29) is 0 Å². The third-order valence-corrected chi connectivity index (χ3v) is 13.1. The summed E-state index contributed by atoms with van der Waals surface area (Å²) in [7, 11) is 0. The molecule has 0 N–H and O–H groups in total. The summed E-state index contributed by atoms with van der Waals surface area (Å²) in [5.74, 6) is 0. The molecule has 2 aromatic heterocycles. The van der Waals surface area contributed by atoms with E-state index in [1.807, 2.05) is 0 Å². The SMILES string of the molecule is c1cc(-c2ccc(N(c3ccc(-n4c5ccccc5c5ccccc54)cc3)c3ccccc3-c3cccc4oc5cc6ccccc6cc5c34)cc2)cc(-c2ccc3ccccc3c2)c1. The van der Waals surface area contributed by atoms with E-state index in [0.717, 1.165) is 61.4 Å². The molecule has 0 amide bonds. The maximum Gasteiger partial charge on any atom is 0.136 e. The summed E-state index contributed by atoms with van der Waals surface area (Å²) >= 11 is 0. The zero-order valence-corrected chi connectivity index (χ0v) is 35.4. The van der Waals surface area contributed by atoms with E-state index in [1.54, 1.807) is 0 Å². The number of benzene rings is 11. The van der Waals surface area contributed by atoms with E-state index in [0.29, 0.717) is 0 Å². The smallest absolute Gasteiger partial charge is 0.136 e. The Morgan fingerprint density at radius 2 is 0.862 bits per heavy atom. The number of anilines is 3. The van der Waals surface area contributed by atoms with Gasteiger partial charge in [-0.25, -0.2) is 0 Å². The van der Waals surface area contributed by atoms with Gasteiger partial charge in [0.2, 0.25) is 0 Å². The number of hydrogen-bond acceptors (Lipinski definition) is 2. The number of furan rings is 1. The minimum atomic E-state index is 0.875. The first-order chi connectivity index (χ1) is 32.2. The minimum Gasteiger partial charge on any atom is -0.456 e. The fourth-order valence-electron chi connectivity index (χ4n) is 10.1. The zero-order chi connectivity index (χ0) is 42.8. The molecule has 0 unspecified atom stereocenters. The lowest BCUT2D eigenvalue weighted by Gasteiger charge is -2.28. The van der Waals surface area contributed by atoms with Crippen molar-refractivity contribution in [3.63, 3.8) is 0 Å². The van der Waals surface area contributed by atoms with Crippen LogP contribution in [0.15, 0.2) is 247 Å². The van der Waals surface area contributed by atoms with E-state index < -0.39 is 0 Å². The van der Waals surface area contributed by atoms with Gasteiger partial charge in [0.25, 0.3) is 0 Å². The van der Waals surface area contributed by atoms with Crippen LogP contribution >= 0.6 is 0 Å². The van der Waals surface area contributed by atoms with Gasteiger partial charge in [-0.2, -0.15) is 0 Å². The highest BCUT2D eigenvalue weighted by Crippen LogP contribution is 2.46. The highest BCUT2D eigenvalue weighted by atomic mass is 16.3. The molecule has 0 aliphatic heterocycles. The summed E-state index contributed by atoms with van der Waals surface area (Å²) in [5, 5.41) is 9.58. The Hall–Kier alpha value is -8.66. The standard InChI is InChI=1S/C62H40N2O/c1-2-14-43-38-48(28-27-41(43)13-1)45-18-11-17-44(37-45)42-29-31-49(32-30-42)63(50-33-35-51(36-34-50)64-58-24-9-5-19-52(58)53-20-6-10-25-59(53)64)57-23-8-7-21-54(57)55-22-12-26-60-62(55)56-39-46-15-3-4-16-47(46)40-61(56)65-60/h1-40H. The lowest BCUT2D eigenvalue weighted by atomic mass is 9.95. The van der Waals surface area contributed by atoms with Crippen molar-refractivity contribution < 1.29 is 4.42 Å². The van der Waals surface area contributed by atoms with Crippen LogP contribution in [0.3, 0.4) is 0 Å². The first-order valence-electron chi connectivity index (χ1n) is 22.2. The number of hydrogen-bond donors (Lipinski definition) is 0. The number of nitrogens with zero attached hydrogens (tertiary/aromatic N) is 2. The van der Waals surface area contributed by atoms with Gasteiger partial charge < -0.3 is 13.9 Å². The number of fused-ring (bicyclic) bond motifs is 8. The first-order valence-corrected chi connectivity index (χ1v) is 22.2. The van der Waals surface area contributed by atoms with Crippen molar-refractivity contribution in [3.05, 3.63) is 243 Å². The van der Waals surface area contributed by atoms with Gasteiger partial charge in [-0.15, -0.1) is 0 Å². The highest BCUT2D eigenvalue weighted by Gasteiger charge is 2.21. The summed E-state index contributed by atoms with van der Waals surface area (Å²) < 4.78 is 8.97. The molecule has 13 aromatic rings. The molecule has 0 spiro atoms. The van der Waals surface area contributed by atoms with Crippen molar-refractivity contribution in [1.82, 2.24) is 4.57 Å². The third kappa shape index (κ3) is 6.20. The van der Waals surface area contributed by atoms with E-state index in [1.165, 1.54) is 60.0 Å². The normalized spacial score (nSPS) is 11.7. The molecule has 3 nitrogen and oxygen atoms in total. The van der Waals surface area contributed by atoms with Crippen molar-refractivity contribution in [2.45, 2.75) is 0 Å². The molecule has 0 fully saturated rings. The molecular weight excluding hydrogens is 789 g/mol. The molecule has 304 valence electrons. The van der Waals surface area contributed by atoms with Crippen LogP contribution in [-0.4, -0.2) is 4.57 Å². The van der Waals surface area contributed by atoms with Crippen LogP contribution in [0.25, 0.3) is 104 Å². The fourth-order valence-corrected chi connectivity index (χ4v) is 10.1. The quantitative estimate of drug-likeness (QED) is 0.160. The van der Waals surface area contributed by atoms with Crippen LogP contribution in [0, 0.1) is 0 Å². The van der Waals surface area contributed by atoms with Crippen molar-refractivity contribution in [3.8, 4) is 39.1 Å². The first kappa shape index (κ1) is 36.9. The summed E-state index contributed by atoms with van der Waals surface area (Å²) in [6.45, 7) is 0. The Morgan fingerprint density at radius 1 is 0.323 bits per heavy atom. The predicted octanol–water partition coefficient (Wildman–Crippen LogP) is 17.5. The lowest BCUT2D eigenvalue weighted by molar-refractivity contribution is 0.669. The largest absolute Gasteiger partial charge is 0.456 e.